The van der Waals surface area contributed by atoms with Gasteiger partial charge >= 0.3 is 5.97 Å². The minimum absolute atomic E-state index is 0.274. The van der Waals surface area contributed by atoms with E-state index in [1.54, 1.807) is 23.6 Å². The van der Waals surface area contributed by atoms with Crippen molar-refractivity contribution in [3.63, 3.8) is 0 Å². The van der Waals surface area contributed by atoms with Crippen LogP contribution in [-0.4, -0.2) is 22.6 Å². The number of fused-ring (bicyclic) bond motifs is 1. The van der Waals surface area contributed by atoms with E-state index in [0.29, 0.717) is 0 Å². The van der Waals surface area contributed by atoms with E-state index in [2.05, 4.69) is 21.3 Å². The van der Waals surface area contributed by atoms with Gasteiger partial charge in [-0.25, -0.2) is 4.79 Å². The molecule has 0 amide bonds. The molecule has 0 atom stereocenters. The van der Waals surface area contributed by atoms with Crippen molar-refractivity contribution in [1.29, 1.82) is 0 Å². The molecule has 0 bridgehead atoms. The molecule has 0 spiro atoms. The molecule has 0 saturated heterocycles. The van der Waals surface area contributed by atoms with Crippen molar-refractivity contribution in [2.24, 2.45) is 0 Å². The summed E-state index contributed by atoms with van der Waals surface area (Å²) in [5.41, 5.74) is 2.34. The van der Waals surface area contributed by atoms with Gasteiger partial charge in [0.2, 0.25) is 0 Å². The first-order valence-electron chi connectivity index (χ1n) is 5.73. The summed E-state index contributed by atoms with van der Waals surface area (Å²) in [4.78, 5) is 18.6. The van der Waals surface area contributed by atoms with Crippen molar-refractivity contribution >= 4 is 23.0 Å². The van der Waals surface area contributed by atoms with Gasteiger partial charge in [-0.05, 0) is 29.5 Å². The fourth-order valence-electron chi connectivity index (χ4n) is 2.28. The number of nitrogens with zero attached hydrogens (tertiary/aromatic N) is 2. The molecule has 0 unspecified atom stereocenters. The summed E-state index contributed by atoms with van der Waals surface area (Å²) in [7, 11) is 0. The van der Waals surface area contributed by atoms with Crippen LogP contribution in [0.4, 0.5) is 5.69 Å². The van der Waals surface area contributed by atoms with Crippen molar-refractivity contribution in [1.82, 2.24) is 4.98 Å². The lowest BCUT2D eigenvalue weighted by Gasteiger charge is -2.29. The quantitative estimate of drug-likeness (QED) is 0.901. The van der Waals surface area contributed by atoms with Crippen LogP contribution in [0.3, 0.4) is 0 Å². The fourth-order valence-corrected chi connectivity index (χ4v) is 3.17. The highest BCUT2D eigenvalue weighted by Gasteiger charge is 2.21. The number of rotatable bonds is 2. The van der Waals surface area contributed by atoms with Gasteiger partial charge in [0.25, 0.3) is 0 Å². The summed E-state index contributed by atoms with van der Waals surface area (Å²) in [6.45, 7) is 1.64. The molecule has 3 rings (SSSR count). The van der Waals surface area contributed by atoms with E-state index < -0.39 is 5.97 Å². The lowest BCUT2D eigenvalue weighted by atomic mass is 10.1. The van der Waals surface area contributed by atoms with E-state index in [0.717, 1.165) is 25.2 Å². The number of hydrogen-bond donors (Lipinski definition) is 1. The Labute approximate surface area is 109 Å². The second kappa shape index (κ2) is 4.42. The van der Waals surface area contributed by atoms with Crippen LogP contribution in [0, 0.1) is 0 Å². The van der Waals surface area contributed by atoms with Gasteiger partial charge in [0, 0.05) is 30.4 Å². The zero-order chi connectivity index (χ0) is 12.5. The number of pyridine rings is 1. The molecule has 3 heterocycles. The summed E-state index contributed by atoms with van der Waals surface area (Å²) in [6.07, 6.45) is 4.04. The van der Waals surface area contributed by atoms with E-state index in [1.807, 2.05) is 0 Å². The summed E-state index contributed by atoms with van der Waals surface area (Å²) >= 11 is 1.78. The van der Waals surface area contributed by atoms with Gasteiger partial charge in [-0.3, -0.25) is 4.98 Å². The third kappa shape index (κ3) is 1.86. The van der Waals surface area contributed by atoms with Gasteiger partial charge in [-0.1, -0.05) is 0 Å². The molecule has 1 aliphatic heterocycles. The molecule has 92 valence electrons. The molecule has 2 aromatic rings. The smallest absolute Gasteiger partial charge is 0.339 e. The molecule has 0 aliphatic carbocycles. The van der Waals surface area contributed by atoms with Crippen LogP contribution in [0.1, 0.15) is 20.8 Å². The van der Waals surface area contributed by atoms with Gasteiger partial charge in [-0.15, -0.1) is 11.3 Å². The van der Waals surface area contributed by atoms with Gasteiger partial charge in [0.15, 0.2) is 0 Å². The summed E-state index contributed by atoms with van der Waals surface area (Å²) in [6, 6.07) is 3.90. The largest absolute Gasteiger partial charge is 0.478 e. The van der Waals surface area contributed by atoms with Gasteiger partial charge in [-0.2, -0.15) is 0 Å². The Morgan fingerprint density at radius 1 is 1.44 bits per heavy atom. The Balaban J connectivity index is 1.95. The molecule has 0 aromatic carbocycles. The molecule has 2 aromatic heterocycles. The third-order valence-electron chi connectivity index (χ3n) is 3.18. The molecule has 18 heavy (non-hydrogen) atoms. The number of anilines is 1. The number of thiophene rings is 1. The lowest BCUT2D eigenvalue weighted by Crippen LogP contribution is -2.30. The first-order valence-corrected chi connectivity index (χ1v) is 6.61. The van der Waals surface area contributed by atoms with E-state index in [1.165, 1.54) is 16.6 Å². The molecular formula is C13H12N2O2S. The van der Waals surface area contributed by atoms with Crippen LogP contribution >= 0.6 is 11.3 Å². The minimum Gasteiger partial charge on any atom is -0.478 e. The Morgan fingerprint density at radius 3 is 3.17 bits per heavy atom. The highest BCUT2D eigenvalue weighted by molar-refractivity contribution is 7.10. The second-order valence-electron chi connectivity index (χ2n) is 4.24. The molecule has 0 radical (unpaired) electrons. The average Bonchev–Trinajstić information content (AvgIpc) is 2.85. The Bertz CT molecular complexity index is 594. The van der Waals surface area contributed by atoms with Gasteiger partial charge in [0.05, 0.1) is 5.69 Å². The Hall–Kier alpha value is -1.88. The highest BCUT2D eigenvalue weighted by Crippen LogP contribution is 2.29. The van der Waals surface area contributed by atoms with Crippen LogP contribution in [0.15, 0.2) is 29.9 Å². The number of carboxylic acids is 1. The van der Waals surface area contributed by atoms with E-state index in [9.17, 15) is 9.90 Å². The van der Waals surface area contributed by atoms with Crippen molar-refractivity contribution in [3.8, 4) is 0 Å². The monoisotopic (exact) mass is 260 g/mol. The van der Waals surface area contributed by atoms with Crippen LogP contribution < -0.4 is 4.90 Å². The zero-order valence-corrected chi connectivity index (χ0v) is 10.5. The molecule has 0 saturated carbocycles. The number of aromatic carboxylic acids is 1. The number of aromatic nitrogens is 1. The van der Waals surface area contributed by atoms with E-state index in [4.69, 9.17) is 0 Å². The van der Waals surface area contributed by atoms with Crippen LogP contribution in [0.25, 0.3) is 0 Å². The molecule has 1 N–H and O–H groups in total. The average molecular weight is 260 g/mol. The fraction of sp³-hybridized carbons (Fsp3) is 0.231. The molecular weight excluding hydrogens is 248 g/mol. The Morgan fingerprint density at radius 2 is 2.33 bits per heavy atom. The standard InChI is InChI=1S/C13H12N2O2S/c16-13(17)10-7-14-4-1-11(10)15-5-2-12-9(8-15)3-6-18-12/h1,3-4,6-7H,2,5,8H2,(H,16,17). The summed E-state index contributed by atoms with van der Waals surface area (Å²) < 4.78 is 0. The van der Waals surface area contributed by atoms with Crippen molar-refractivity contribution in [2.45, 2.75) is 13.0 Å². The maximum absolute atomic E-state index is 11.2. The van der Waals surface area contributed by atoms with Gasteiger partial charge < -0.3 is 10.0 Å². The number of carboxylic acid groups (broad SMARTS) is 1. The van der Waals surface area contributed by atoms with Crippen LogP contribution in [0.2, 0.25) is 0 Å². The minimum atomic E-state index is -0.922. The van der Waals surface area contributed by atoms with Crippen molar-refractivity contribution in [3.05, 3.63) is 45.9 Å². The normalized spacial score (nSPS) is 14.3. The van der Waals surface area contributed by atoms with Crippen LogP contribution in [-0.2, 0) is 13.0 Å². The van der Waals surface area contributed by atoms with Gasteiger partial charge in [0.1, 0.15) is 5.56 Å². The first-order chi connectivity index (χ1) is 8.75. The SMILES string of the molecule is O=C(O)c1cnccc1N1CCc2sccc2C1. The summed E-state index contributed by atoms with van der Waals surface area (Å²) in [5.74, 6) is -0.922. The van der Waals surface area contributed by atoms with E-state index in [-0.39, 0.29) is 5.56 Å². The molecule has 1 aliphatic rings. The first kappa shape index (κ1) is 11.2. The molecule has 4 nitrogen and oxygen atoms in total. The second-order valence-corrected chi connectivity index (χ2v) is 5.24. The van der Waals surface area contributed by atoms with Crippen molar-refractivity contribution in [2.75, 3.05) is 11.4 Å². The van der Waals surface area contributed by atoms with Crippen molar-refractivity contribution < 1.29 is 9.90 Å². The zero-order valence-electron chi connectivity index (χ0n) is 9.67. The molecule has 0 fully saturated rings. The maximum Gasteiger partial charge on any atom is 0.339 e. The number of hydrogen-bond acceptors (Lipinski definition) is 4. The van der Waals surface area contributed by atoms with E-state index >= 15 is 0 Å². The maximum atomic E-state index is 11.2. The third-order valence-corrected chi connectivity index (χ3v) is 4.20. The highest BCUT2D eigenvalue weighted by atomic mass is 32.1. The lowest BCUT2D eigenvalue weighted by molar-refractivity contribution is 0.0697. The number of carbonyl (C=O) groups is 1. The summed E-state index contributed by atoms with van der Waals surface area (Å²) in [5, 5.41) is 11.3. The van der Waals surface area contributed by atoms with Crippen LogP contribution in [0.5, 0.6) is 0 Å². The predicted octanol–water partition coefficient (Wildman–Crippen LogP) is 2.40. The molecule has 5 heteroatoms. The predicted molar refractivity (Wildman–Crippen MR) is 70.3 cm³/mol. The Kier molecular flexibility index (Phi) is 2.76. The topological polar surface area (TPSA) is 53.4 Å².